The van der Waals surface area contributed by atoms with Crippen LogP contribution < -0.4 is 4.74 Å². The van der Waals surface area contributed by atoms with Crippen molar-refractivity contribution in [2.24, 2.45) is 5.92 Å². The van der Waals surface area contributed by atoms with Gasteiger partial charge in [0.2, 0.25) is 11.8 Å². The Kier molecular flexibility index (Phi) is 7.06. The summed E-state index contributed by atoms with van der Waals surface area (Å²) in [5.41, 5.74) is 0.178. The maximum absolute atomic E-state index is 12.9. The number of carbonyl (C=O) groups is 4. The van der Waals surface area contributed by atoms with Gasteiger partial charge >= 0.3 is 6.16 Å². The van der Waals surface area contributed by atoms with Crippen LogP contribution in [0.1, 0.15) is 44.5 Å². The zero-order valence-corrected chi connectivity index (χ0v) is 19.1. The van der Waals surface area contributed by atoms with Crippen molar-refractivity contribution < 1.29 is 28.7 Å². The monoisotopic (exact) mass is 445 g/mol. The van der Waals surface area contributed by atoms with Crippen molar-refractivity contribution in [2.75, 3.05) is 39.3 Å². The first-order chi connectivity index (χ1) is 15.1. The smallest absolute Gasteiger partial charge is 0.434 e. The third-order valence-corrected chi connectivity index (χ3v) is 5.73. The van der Waals surface area contributed by atoms with Crippen LogP contribution in [0, 0.1) is 5.92 Å². The molecule has 0 aliphatic carbocycles. The maximum Gasteiger partial charge on any atom is 0.513 e. The van der Waals surface area contributed by atoms with E-state index in [4.69, 9.17) is 9.47 Å². The van der Waals surface area contributed by atoms with Crippen molar-refractivity contribution in [3.05, 3.63) is 29.8 Å². The molecule has 0 bridgehead atoms. The second-order valence-corrected chi connectivity index (χ2v) is 9.00. The molecule has 1 atom stereocenters. The fraction of sp³-hybridized carbons (Fsp3) is 0.565. The number of amides is 3. The Hall–Kier alpha value is -3.10. The summed E-state index contributed by atoms with van der Waals surface area (Å²) in [5.74, 6) is -0.172. The Morgan fingerprint density at radius 1 is 1.00 bits per heavy atom. The van der Waals surface area contributed by atoms with E-state index in [1.54, 1.807) is 45.9 Å². The van der Waals surface area contributed by atoms with Crippen LogP contribution in [0.15, 0.2) is 24.3 Å². The van der Waals surface area contributed by atoms with Gasteiger partial charge in [0, 0.05) is 50.2 Å². The average molecular weight is 446 g/mol. The molecule has 2 heterocycles. The molecule has 9 heteroatoms. The SMILES string of the molecule is CCOC(=O)Oc1ccc(C(=O)N2CCN(C(=O)C3CC(=O)N(C(C)(C)C)C3)CC2)cc1. The second-order valence-electron chi connectivity index (χ2n) is 9.00. The van der Waals surface area contributed by atoms with Gasteiger partial charge in [0.15, 0.2) is 0 Å². The highest BCUT2D eigenvalue weighted by Gasteiger charge is 2.41. The average Bonchev–Trinajstić information content (AvgIpc) is 3.16. The summed E-state index contributed by atoms with van der Waals surface area (Å²) in [7, 11) is 0. The quantitative estimate of drug-likeness (QED) is 0.521. The molecule has 3 rings (SSSR count). The van der Waals surface area contributed by atoms with Gasteiger partial charge in [-0.3, -0.25) is 14.4 Å². The summed E-state index contributed by atoms with van der Waals surface area (Å²) in [6.45, 7) is 9.99. The van der Waals surface area contributed by atoms with E-state index in [9.17, 15) is 19.2 Å². The molecular weight excluding hydrogens is 414 g/mol. The van der Waals surface area contributed by atoms with Gasteiger partial charge in [-0.25, -0.2) is 4.79 Å². The number of piperazine rings is 1. The largest absolute Gasteiger partial charge is 0.513 e. The normalized spacial score (nSPS) is 19.2. The van der Waals surface area contributed by atoms with Crippen LogP contribution in [0.25, 0.3) is 0 Å². The first-order valence-electron chi connectivity index (χ1n) is 10.9. The van der Waals surface area contributed by atoms with Gasteiger partial charge in [-0.1, -0.05) is 0 Å². The fourth-order valence-corrected chi connectivity index (χ4v) is 4.00. The molecule has 0 radical (unpaired) electrons. The Balaban J connectivity index is 1.52. The highest BCUT2D eigenvalue weighted by molar-refractivity contribution is 5.95. The molecule has 3 amide bonds. The minimum Gasteiger partial charge on any atom is -0.434 e. The van der Waals surface area contributed by atoms with Crippen molar-refractivity contribution in [2.45, 2.75) is 39.7 Å². The summed E-state index contributed by atoms with van der Waals surface area (Å²) in [4.78, 5) is 54.6. The van der Waals surface area contributed by atoms with Crippen LogP contribution in [0.4, 0.5) is 4.79 Å². The lowest BCUT2D eigenvalue weighted by Gasteiger charge is -2.36. The van der Waals surface area contributed by atoms with Gasteiger partial charge in [0.25, 0.3) is 5.91 Å². The predicted octanol–water partition coefficient (Wildman–Crippen LogP) is 2.15. The lowest BCUT2D eigenvalue weighted by molar-refractivity contribution is -0.137. The van der Waals surface area contributed by atoms with Crippen LogP contribution in [0.5, 0.6) is 5.75 Å². The zero-order chi connectivity index (χ0) is 23.5. The van der Waals surface area contributed by atoms with Gasteiger partial charge in [-0.05, 0) is 52.0 Å². The molecule has 32 heavy (non-hydrogen) atoms. The zero-order valence-electron chi connectivity index (χ0n) is 19.1. The third kappa shape index (κ3) is 5.38. The van der Waals surface area contributed by atoms with Gasteiger partial charge in [-0.15, -0.1) is 0 Å². The molecule has 0 spiro atoms. The first kappa shape index (κ1) is 23.6. The van der Waals surface area contributed by atoms with Crippen molar-refractivity contribution in [3.8, 4) is 5.75 Å². The summed E-state index contributed by atoms with van der Waals surface area (Å²) in [6.07, 6.45) is -0.544. The molecule has 1 aromatic rings. The van der Waals surface area contributed by atoms with E-state index in [0.29, 0.717) is 44.0 Å². The predicted molar refractivity (Wildman–Crippen MR) is 116 cm³/mol. The lowest BCUT2D eigenvalue weighted by Crippen LogP contribution is -2.52. The highest BCUT2D eigenvalue weighted by Crippen LogP contribution is 2.27. The van der Waals surface area contributed by atoms with E-state index < -0.39 is 6.16 Å². The molecule has 174 valence electrons. The molecule has 2 aliphatic rings. The van der Waals surface area contributed by atoms with Crippen molar-refractivity contribution >= 4 is 23.9 Å². The molecule has 2 aliphatic heterocycles. The van der Waals surface area contributed by atoms with Gasteiger partial charge < -0.3 is 24.2 Å². The Bertz CT molecular complexity index is 869. The van der Waals surface area contributed by atoms with E-state index in [2.05, 4.69) is 0 Å². The first-order valence-corrected chi connectivity index (χ1v) is 10.9. The van der Waals surface area contributed by atoms with Crippen LogP contribution in [-0.2, 0) is 14.3 Å². The number of carbonyl (C=O) groups excluding carboxylic acids is 4. The molecule has 1 unspecified atom stereocenters. The van der Waals surface area contributed by atoms with Crippen molar-refractivity contribution in [1.29, 1.82) is 0 Å². The number of ether oxygens (including phenoxy) is 2. The Morgan fingerprint density at radius 2 is 1.59 bits per heavy atom. The van der Waals surface area contributed by atoms with Crippen LogP contribution in [0.3, 0.4) is 0 Å². The van der Waals surface area contributed by atoms with Gasteiger partial charge in [-0.2, -0.15) is 0 Å². The number of hydrogen-bond donors (Lipinski definition) is 0. The van der Waals surface area contributed by atoms with E-state index in [1.165, 1.54) is 0 Å². The van der Waals surface area contributed by atoms with Gasteiger partial charge in [0.05, 0.1) is 12.5 Å². The van der Waals surface area contributed by atoms with Gasteiger partial charge in [0.1, 0.15) is 5.75 Å². The molecule has 2 saturated heterocycles. The summed E-state index contributed by atoms with van der Waals surface area (Å²) in [5, 5.41) is 0. The standard InChI is InChI=1S/C23H31N3O6/c1-5-31-22(30)32-18-8-6-16(7-9-18)20(28)24-10-12-25(13-11-24)21(29)17-14-19(27)26(15-17)23(2,3)4/h6-9,17H,5,10-15H2,1-4H3. The lowest BCUT2D eigenvalue weighted by atomic mass is 10.1. The Labute approximate surface area is 188 Å². The number of rotatable bonds is 4. The van der Waals surface area contributed by atoms with Crippen LogP contribution >= 0.6 is 0 Å². The summed E-state index contributed by atoms with van der Waals surface area (Å²) >= 11 is 0. The van der Waals surface area contributed by atoms with E-state index >= 15 is 0 Å². The van der Waals surface area contributed by atoms with Crippen LogP contribution in [0.2, 0.25) is 0 Å². The highest BCUT2D eigenvalue weighted by atomic mass is 16.7. The minimum atomic E-state index is -0.790. The van der Waals surface area contributed by atoms with E-state index in [1.807, 2.05) is 20.8 Å². The third-order valence-electron chi connectivity index (χ3n) is 5.73. The molecule has 1 aromatic carbocycles. The van der Waals surface area contributed by atoms with Crippen molar-refractivity contribution in [1.82, 2.24) is 14.7 Å². The molecular formula is C23H31N3O6. The number of likely N-dealkylation sites (tertiary alicyclic amines) is 1. The van der Waals surface area contributed by atoms with E-state index in [-0.39, 0.29) is 42.2 Å². The van der Waals surface area contributed by atoms with E-state index in [0.717, 1.165) is 0 Å². The molecule has 0 saturated carbocycles. The summed E-state index contributed by atoms with van der Waals surface area (Å²) < 4.78 is 9.73. The topological polar surface area (TPSA) is 96.5 Å². The second kappa shape index (κ2) is 9.58. The Morgan fingerprint density at radius 3 is 2.12 bits per heavy atom. The molecule has 9 nitrogen and oxygen atoms in total. The number of benzene rings is 1. The fourth-order valence-electron chi connectivity index (χ4n) is 4.00. The number of hydrogen-bond acceptors (Lipinski definition) is 6. The minimum absolute atomic E-state index is 0.0139. The summed E-state index contributed by atoms with van der Waals surface area (Å²) in [6, 6.07) is 6.28. The number of nitrogens with zero attached hydrogens (tertiary/aromatic N) is 3. The van der Waals surface area contributed by atoms with Crippen LogP contribution in [-0.4, -0.2) is 83.4 Å². The maximum atomic E-state index is 12.9. The molecule has 0 N–H and O–H groups in total. The molecule has 2 fully saturated rings. The molecule has 0 aromatic heterocycles. The van der Waals surface area contributed by atoms with Crippen molar-refractivity contribution in [3.63, 3.8) is 0 Å².